The molecule has 26 heavy (non-hydrogen) atoms. The van der Waals surface area contributed by atoms with Gasteiger partial charge in [-0.1, -0.05) is 62.2 Å². The molecule has 2 nitrogen and oxygen atoms in total. The molecule has 0 saturated carbocycles. The number of aromatic nitrogens is 1. The van der Waals surface area contributed by atoms with Gasteiger partial charge >= 0.3 is 0 Å². The number of fused-ring (bicyclic) bond motifs is 3. The summed E-state index contributed by atoms with van der Waals surface area (Å²) in [6.07, 6.45) is 9.35. The van der Waals surface area contributed by atoms with Gasteiger partial charge in [0.05, 0.1) is 10.4 Å². The van der Waals surface area contributed by atoms with Crippen LogP contribution < -0.4 is 4.90 Å². The molecular formula is C23H22N2S. The van der Waals surface area contributed by atoms with Gasteiger partial charge in [-0.15, -0.1) is 11.3 Å². The van der Waals surface area contributed by atoms with Crippen molar-refractivity contribution >= 4 is 42.9 Å². The van der Waals surface area contributed by atoms with Gasteiger partial charge in [0.15, 0.2) is 0 Å². The topological polar surface area (TPSA) is 16.1 Å². The molecule has 1 aromatic carbocycles. The molecule has 2 aromatic heterocycles. The molecule has 0 aliphatic heterocycles. The maximum Gasteiger partial charge on any atom is 0.134 e. The quantitative estimate of drug-likeness (QED) is 0.454. The van der Waals surface area contributed by atoms with Crippen LogP contribution in [0.2, 0.25) is 0 Å². The molecule has 3 heteroatoms. The normalized spacial score (nSPS) is 12.0. The van der Waals surface area contributed by atoms with E-state index in [0.29, 0.717) is 0 Å². The monoisotopic (exact) mass is 358 g/mol. The first-order chi connectivity index (χ1) is 12.6. The molecule has 3 aromatic rings. The maximum atomic E-state index is 4.94. The first kappa shape index (κ1) is 17.9. The van der Waals surface area contributed by atoms with Crippen LogP contribution in [0, 0.1) is 0 Å². The van der Waals surface area contributed by atoms with E-state index in [1.54, 1.807) is 23.5 Å². The predicted octanol–water partition coefficient (Wildman–Crippen LogP) is 6.73. The summed E-state index contributed by atoms with van der Waals surface area (Å²) in [5.41, 5.74) is 2.94. The summed E-state index contributed by atoms with van der Waals surface area (Å²) in [4.78, 5) is 6.94. The molecule has 0 radical (unpaired) electrons. The third kappa shape index (κ3) is 3.26. The molecular weight excluding hydrogens is 336 g/mol. The fourth-order valence-electron chi connectivity index (χ4n) is 2.84. The van der Waals surface area contributed by atoms with Crippen LogP contribution in [-0.4, -0.2) is 12.0 Å². The van der Waals surface area contributed by atoms with Crippen molar-refractivity contribution in [1.29, 1.82) is 0 Å². The lowest BCUT2D eigenvalue weighted by Gasteiger charge is -2.20. The van der Waals surface area contributed by atoms with E-state index < -0.39 is 0 Å². The fourth-order valence-corrected chi connectivity index (χ4v) is 4.08. The highest BCUT2D eigenvalue weighted by atomic mass is 32.1. The number of thiophene rings is 1. The van der Waals surface area contributed by atoms with Gasteiger partial charge in [0.25, 0.3) is 0 Å². The Morgan fingerprint density at radius 3 is 2.65 bits per heavy atom. The molecule has 0 atom stereocenters. The van der Waals surface area contributed by atoms with Crippen molar-refractivity contribution in [3.8, 4) is 0 Å². The fraction of sp³-hybridized carbons (Fsp3) is 0.0870. The standard InChI is InChI=1S/C23H22N2S/c1-6-8-12-17(4)25(5)21-15-19-18-13-9-10-14-20(18)26-23(19)22(24-21)16(3)11-7-2/h6-15H,1-2,4H2,3,5H3. The van der Waals surface area contributed by atoms with Gasteiger partial charge in [0.1, 0.15) is 5.82 Å². The number of hydrogen-bond donors (Lipinski definition) is 0. The van der Waals surface area contributed by atoms with Gasteiger partial charge in [0, 0.05) is 28.2 Å². The van der Waals surface area contributed by atoms with E-state index in [4.69, 9.17) is 4.98 Å². The van der Waals surface area contributed by atoms with E-state index in [9.17, 15) is 0 Å². The molecule has 0 bridgehead atoms. The average molecular weight is 359 g/mol. The minimum Gasteiger partial charge on any atom is -0.330 e. The lowest BCUT2D eigenvalue weighted by Crippen LogP contribution is -2.16. The molecule has 2 heterocycles. The summed E-state index contributed by atoms with van der Waals surface area (Å²) in [6, 6.07) is 10.6. The number of benzene rings is 1. The second-order valence-electron chi connectivity index (χ2n) is 6.03. The van der Waals surface area contributed by atoms with Gasteiger partial charge in [-0.3, -0.25) is 0 Å². The third-order valence-corrected chi connectivity index (χ3v) is 5.48. The van der Waals surface area contributed by atoms with E-state index in [2.05, 4.69) is 57.0 Å². The minimum atomic E-state index is 0.854. The molecule has 0 saturated heterocycles. The van der Waals surface area contributed by atoms with Crippen molar-refractivity contribution in [3.05, 3.63) is 91.8 Å². The Kier molecular flexibility index (Phi) is 5.19. The second-order valence-corrected chi connectivity index (χ2v) is 7.09. The molecule has 0 fully saturated rings. The van der Waals surface area contributed by atoms with Crippen LogP contribution in [0.1, 0.15) is 12.6 Å². The zero-order valence-electron chi connectivity index (χ0n) is 15.2. The molecule has 130 valence electrons. The Balaban J connectivity index is 2.27. The van der Waals surface area contributed by atoms with Crippen molar-refractivity contribution in [2.45, 2.75) is 6.92 Å². The SMILES string of the molecule is C=CC=CC(=C)N(C)c1cc2c(sc3ccccc32)c(C(C)=CC=C)n1. The van der Waals surface area contributed by atoms with Crippen molar-refractivity contribution < 1.29 is 0 Å². The minimum absolute atomic E-state index is 0.854. The Hall–Kier alpha value is -2.91. The van der Waals surface area contributed by atoms with Gasteiger partial charge in [-0.2, -0.15) is 0 Å². The number of likely N-dealkylation sites (N-methyl/N-ethyl adjacent to an activating group) is 1. The van der Waals surface area contributed by atoms with E-state index >= 15 is 0 Å². The summed E-state index contributed by atoms with van der Waals surface area (Å²) in [5, 5.41) is 2.47. The molecule has 3 rings (SSSR count). The number of allylic oxidation sites excluding steroid dienone is 6. The first-order valence-electron chi connectivity index (χ1n) is 8.40. The number of rotatable bonds is 6. The number of pyridine rings is 1. The Morgan fingerprint density at radius 1 is 1.15 bits per heavy atom. The van der Waals surface area contributed by atoms with Crippen LogP contribution >= 0.6 is 11.3 Å². The predicted molar refractivity (Wildman–Crippen MR) is 118 cm³/mol. The summed E-state index contributed by atoms with van der Waals surface area (Å²) in [7, 11) is 1.98. The Morgan fingerprint density at radius 2 is 1.92 bits per heavy atom. The molecule has 0 aliphatic carbocycles. The van der Waals surface area contributed by atoms with Crippen LogP contribution in [0.4, 0.5) is 5.82 Å². The van der Waals surface area contributed by atoms with Crippen LogP contribution in [0.5, 0.6) is 0 Å². The van der Waals surface area contributed by atoms with Crippen LogP contribution in [-0.2, 0) is 0 Å². The highest BCUT2D eigenvalue weighted by Gasteiger charge is 2.15. The van der Waals surface area contributed by atoms with Crippen molar-refractivity contribution in [2.75, 3.05) is 11.9 Å². The largest absolute Gasteiger partial charge is 0.330 e. The van der Waals surface area contributed by atoms with Crippen molar-refractivity contribution in [3.63, 3.8) is 0 Å². The van der Waals surface area contributed by atoms with Gasteiger partial charge in [-0.05, 0) is 30.7 Å². The van der Waals surface area contributed by atoms with Crippen LogP contribution in [0.15, 0.2) is 86.1 Å². The molecule has 0 aliphatic rings. The number of hydrogen-bond acceptors (Lipinski definition) is 3. The van der Waals surface area contributed by atoms with Crippen LogP contribution in [0.3, 0.4) is 0 Å². The lowest BCUT2D eigenvalue weighted by molar-refractivity contribution is 1.08. The van der Waals surface area contributed by atoms with Crippen molar-refractivity contribution in [2.24, 2.45) is 0 Å². The average Bonchev–Trinajstić information content (AvgIpc) is 3.03. The third-order valence-electron chi connectivity index (χ3n) is 4.29. The van der Waals surface area contributed by atoms with Gasteiger partial charge in [0.2, 0.25) is 0 Å². The van der Waals surface area contributed by atoms with E-state index in [1.807, 2.05) is 30.2 Å². The summed E-state index contributed by atoms with van der Waals surface area (Å²) in [6.45, 7) is 13.7. The summed E-state index contributed by atoms with van der Waals surface area (Å²) < 4.78 is 2.47. The number of anilines is 1. The van der Waals surface area contributed by atoms with Crippen LogP contribution in [0.25, 0.3) is 25.7 Å². The maximum absolute atomic E-state index is 4.94. The highest BCUT2D eigenvalue weighted by molar-refractivity contribution is 7.26. The zero-order valence-corrected chi connectivity index (χ0v) is 16.0. The van der Waals surface area contributed by atoms with E-state index in [0.717, 1.165) is 22.8 Å². The Bertz CT molecular complexity index is 1070. The van der Waals surface area contributed by atoms with E-state index in [1.165, 1.54) is 20.2 Å². The molecule has 0 unspecified atom stereocenters. The van der Waals surface area contributed by atoms with Gasteiger partial charge in [-0.25, -0.2) is 4.98 Å². The second kappa shape index (κ2) is 7.54. The smallest absolute Gasteiger partial charge is 0.134 e. The first-order valence-corrected chi connectivity index (χ1v) is 9.22. The van der Waals surface area contributed by atoms with Gasteiger partial charge < -0.3 is 4.90 Å². The Labute approximate surface area is 158 Å². The molecule has 0 spiro atoms. The van der Waals surface area contributed by atoms with Crippen molar-refractivity contribution in [1.82, 2.24) is 4.98 Å². The summed E-state index contributed by atoms with van der Waals surface area (Å²) >= 11 is 1.78. The highest BCUT2D eigenvalue weighted by Crippen LogP contribution is 2.39. The summed E-state index contributed by atoms with van der Waals surface area (Å²) in [5.74, 6) is 0.867. The zero-order chi connectivity index (χ0) is 18.7. The van der Waals surface area contributed by atoms with E-state index in [-0.39, 0.29) is 0 Å². The lowest BCUT2D eigenvalue weighted by atomic mass is 10.1. The molecule has 0 N–H and O–H groups in total. The number of nitrogens with zero attached hydrogens (tertiary/aromatic N) is 2. The molecule has 0 amide bonds.